The number of rotatable bonds is 11. The van der Waals surface area contributed by atoms with Gasteiger partial charge in [0.2, 0.25) is 7.43 Å². The van der Waals surface area contributed by atoms with E-state index in [1.807, 2.05) is 0 Å². The summed E-state index contributed by atoms with van der Waals surface area (Å²) < 4.78 is 223. The van der Waals surface area contributed by atoms with Crippen LogP contribution in [0.3, 0.4) is 0 Å². The standard InChI is InChI=1S/C12H15F15N3O5P3/c1-2-36(31-3-8(13,14)15)28-37(32-4-9(16,17)18,33-5-10(19,20)21)30-38(29-36,34-6-11(22,23)24)35-7-12(25,26)27/h2-7H2,1H3. The second-order valence-electron chi connectivity index (χ2n) is 6.67. The molecule has 0 radical (unpaired) electrons. The Balaban J connectivity index is 4.01. The van der Waals surface area contributed by atoms with Crippen molar-refractivity contribution in [2.24, 2.45) is 13.5 Å². The summed E-state index contributed by atoms with van der Waals surface area (Å²) in [6.45, 7) is -12.0. The van der Waals surface area contributed by atoms with Gasteiger partial charge in [0.1, 0.15) is 0 Å². The molecule has 1 atom stereocenters. The Kier molecular flexibility index (Phi) is 11.3. The summed E-state index contributed by atoms with van der Waals surface area (Å²) in [6, 6.07) is 0. The van der Waals surface area contributed by atoms with E-state index in [4.69, 9.17) is 0 Å². The molecule has 26 heteroatoms. The van der Waals surface area contributed by atoms with Gasteiger partial charge in [0.25, 0.3) is 0 Å². The van der Waals surface area contributed by atoms with E-state index in [0.29, 0.717) is 0 Å². The molecule has 0 aromatic carbocycles. The largest absolute Gasteiger partial charge is 0.412 e. The Hall–Kier alpha value is -0.560. The van der Waals surface area contributed by atoms with Crippen LogP contribution in [-0.2, 0) is 22.6 Å². The van der Waals surface area contributed by atoms with Gasteiger partial charge in [-0.2, -0.15) is 74.9 Å². The Bertz CT molecular complexity index is 887. The predicted molar refractivity (Wildman–Crippen MR) is 98.6 cm³/mol. The Morgan fingerprint density at radius 2 is 0.684 bits per heavy atom. The van der Waals surface area contributed by atoms with Gasteiger partial charge in [0.15, 0.2) is 33.0 Å². The molecular formula is C12H15F15N3O5P3. The molecule has 8 nitrogen and oxygen atoms in total. The van der Waals surface area contributed by atoms with Gasteiger partial charge < -0.3 is 4.52 Å². The van der Waals surface area contributed by atoms with Crippen LogP contribution in [0.1, 0.15) is 6.92 Å². The molecule has 0 bridgehead atoms. The summed E-state index contributed by atoms with van der Waals surface area (Å²) in [4.78, 5) is 0. The molecule has 0 saturated carbocycles. The number of hydrogen-bond acceptors (Lipinski definition) is 8. The third-order valence-electron chi connectivity index (χ3n) is 3.16. The van der Waals surface area contributed by atoms with Gasteiger partial charge in [-0.3, -0.25) is 18.1 Å². The highest BCUT2D eigenvalue weighted by Gasteiger charge is 2.48. The number of hydrogen-bond donors (Lipinski definition) is 0. The summed E-state index contributed by atoms with van der Waals surface area (Å²) >= 11 is 0. The van der Waals surface area contributed by atoms with E-state index in [-0.39, 0.29) is 0 Å². The lowest BCUT2D eigenvalue weighted by atomic mass is 10.7. The van der Waals surface area contributed by atoms with Gasteiger partial charge in [-0.1, -0.05) is 6.92 Å². The van der Waals surface area contributed by atoms with Gasteiger partial charge in [-0.15, -0.1) is 4.52 Å². The Morgan fingerprint density at radius 3 is 0.947 bits per heavy atom. The van der Waals surface area contributed by atoms with Crippen LogP contribution in [0, 0.1) is 0 Å². The fourth-order valence-corrected chi connectivity index (χ4v) is 12.3. The maximum Gasteiger partial charge on any atom is 0.412 e. The summed E-state index contributed by atoms with van der Waals surface area (Å²) in [5.74, 6) is 0. The highest BCUT2D eigenvalue weighted by atomic mass is 31.3. The van der Waals surface area contributed by atoms with Crippen molar-refractivity contribution < 1.29 is 88.5 Å². The maximum absolute atomic E-state index is 12.8. The van der Waals surface area contributed by atoms with E-state index in [9.17, 15) is 65.9 Å². The lowest BCUT2D eigenvalue weighted by Gasteiger charge is -2.34. The second-order valence-corrected chi connectivity index (χ2v) is 14.0. The van der Waals surface area contributed by atoms with Gasteiger partial charge in [-0.25, -0.2) is 0 Å². The average molecular weight is 659 g/mol. The fraction of sp³-hybridized carbons (Fsp3) is 1.00. The molecule has 0 saturated heterocycles. The molecule has 38 heavy (non-hydrogen) atoms. The minimum absolute atomic E-state index is 0.812. The van der Waals surface area contributed by atoms with E-state index in [2.05, 4.69) is 36.2 Å². The molecule has 1 aliphatic heterocycles. The second kappa shape index (κ2) is 12.1. The van der Waals surface area contributed by atoms with E-state index in [1.165, 1.54) is 0 Å². The van der Waals surface area contributed by atoms with Crippen LogP contribution in [0.15, 0.2) is 13.5 Å². The quantitative estimate of drug-likeness (QED) is 0.164. The van der Waals surface area contributed by atoms with Crippen LogP contribution in [-0.4, -0.2) is 70.1 Å². The zero-order valence-corrected chi connectivity index (χ0v) is 20.8. The van der Waals surface area contributed by atoms with Gasteiger partial charge in [-0.05, 0) is 0 Å². The monoisotopic (exact) mass is 659 g/mol. The maximum atomic E-state index is 12.8. The molecule has 1 aliphatic rings. The zero-order chi connectivity index (χ0) is 29.9. The van der Waals surface area contributed by atoms with Crippen LogP contribution < -0.4 is 0 Å². The molecule has 0 fully saturated rings. The molecule has 0 N–H and O–H groups in total. The SMILES string of the molecule is CCP1(OCC(F)(F)F)=NP(OCC(F)(F)F)(OCC(F)(F)F)=NP(OCC(F)(F)F)(OCC(F)(F)F)=N1. The molecule has 0 aromatic rings. The summed E-state index contributed by atoms with van der Waals surface area (Å²) in [5.41, 5.74) is 0. The summed E-state index contributed by atoms with van der Waals surface area (Å²) in [6.07, 6.45) is -28.1. The highest BCUT2D eigenvalue weighted by Crippen LogP contribution is 2.80. The van der Waals surface area contributed by atoms with Crippen molar-refractivity contribution in [3.63, 3.8) is 0 Å². The summed E-state index contributed by atoms with van der Waals surface area (Å²) in [5, 5.41) is 0. The van der Waals surface area contributed by atoms with E-state index >= 15 is 0 Å². The topological polar surface area (TPSA) is 83.2 Å². The van der Waals surface area contributed by atoms with Crippen LogP contribution >= 0.6 is 22.8 Å². The lowest BCUT2D eigenvalue weighted by molar-refractivity contribution is -0.163. The third kappa shape index (κ3) is 13.7. The first-order valence-electron chi connectivity index (χ1n) is 9.18. The molecule has 0 aliphatic carbocycles. The van der Waals surface area contributed by atoms with Crippen molar-refractivity contribution in [3.05, 3.63) is 0 Å². The van der Waals surface area contributed by atoms with Crippen molar-refractivity contribution in [3.8, 4) is 0 Å². The fourth-order valence-electron chi connectivity index (χ4n) is 1.91. The van der Waals surface area contributed by atoms with Crippen molar-refractivity contribution in [2.75, 3.05) is 39.2 Å². The van der Waals surface area contributed by atoms with Crippen LogP contribution in [0.4, 0.5) is 65.9 Å². The zero-order valence-electron chi connectivity index (χ0n) is 18.1. The molecule has 1 unspecified atom stereocenters. The predicted octanol–water partition coefficient (Wildman–Crippen LogP) is 8.84. The molecule has 228 valence electrons. The van der Waals surface area contributed by atoms with Crippen molar-refractivity contribution in [1.82, 2.24) is 0 Å². The van der Waals surface area contributed by atoms with Crippen LogP contribution in [0.5, 0.6) is 0 Å². The summed E-state index contributed by atoms with van der Waals surface area (Å²) in [7, 11) is -16.5. The average Bonchev–Trinajstić information content (AvgIpc) is 2.70. The molecule has 0 aromatic heterocycles. The number of nitrogens with zero attached hydrogens (tertiary/aromatic N) is 3. The Labute approximate surface area is 202 Å². The van der Waals surface area contributed by atoms with Crippen molar-refractivity contribution in [2.45, 2.75) is 37.8 Å². The molecule has 0 amide bonds. The minimum Gasteiger partial charge on any atom is -0.317 e. The van der Waals surface area contributed by atoms with Gasteiger partial charge >= 0.3 is 46.2 Å². The third-order valence-corrected chi connectivity index (χ3v) is 12.2. The first-order chi connectivity index (χ1) is 16.7. The molecule has 1 heterocycles. The molecule has 0 spiro atoms. The van der Waals surface area contributed by atoms with E-state index in [1.54, 1.807) is 0 Å². The lowest BCUT2D eigenvalue weighted by Crippen LogP contribution is -2.22. The first kappa shape index (κ1) is 35.5. The van der Waals surface area contributed by atoms with Crippen LogP contribution in [0.2, 0.25) is 0 Å². The smallest absolute Gasteiger partial charge is 0.317 e. The van der Waals surface area contributed by atoms with Crippen LogP contribution in [0.25, 0.3) is 0 Å². The number of halogens is 15. The van der Waals surface area contributed by atoms with Crippen molar-refractivity contribution >= 4 is 22.8 Å². The van der Waals surface area contributed by atoms with E-state index < -0.39 is 92.8 Å². The van der Waals surface area contributed by atoms with E-state index in [0.717, 1.165) is 6.92 Å². The first-order valence-corrected chi connectivity index (χ1v) is 14.0. The van der Waals surface area contributed by atoms with Crippen molar-refractivity contribution in [1.29, 1.82) is 0 Å². The van der Waals surface area contributed by atoms with Gasteiger partial charge in [0.05, 0.1) is 0 Å². The van der Waals surface area contributed by atoms with Gasteiger partial charge in [0, 0.05) is 6.16 Å². The minimum atomic E-state index is -5.75. The highest BCUT2D eigenvalue weighted by molar-refractivity contribution is 7.80. The molecular weight excluding hydrogens is 644 g/mol. The number of alkyl halides is 15. The normalized spacial score (nSPS) is 22.4. The Morgan fingerprint density at radius 1 is 0.421 bits per heavy atom. The molecule has 1 rings (SSSR count).